The maximum Gasteiger partial charge on any atom is 0.305 e. The van der Waals surface area contributed by atoms with Crippen LogP contribution in [0.5, 0.6) is 0 Å². The van der Waals surface area contributed by atoms with Crippen LogP contribution in [0.25, 0.3) is 0 Å². The van der Waals surface area contributed by atoms with Gasteiger partial charge in [-0.05, 0) is 19.3 Å². The van der Waals surface area contributed by atoms with Crippen molar-refractivity contribution < 1.29 is 9.53 Å². The third-order valence-electron chi connectivity index (χ3n) is 3.22. The highest BCUT2D eigenvalue weighted by Crippen LogP contribution is 2.36. The van der Waals surface area contributed by atoms with Crippen LogP contribution in [0.2, 0.25) is 0 Å². The number of carbonyl (C=O) groups is 1. The zero-order valence-electron chi connectivity index (χ0n) is 10.2. The molecule has 0 radical (unpaired) electrons. The first-order valence-corrected chi connectivity index (χ1v) is 5.52. The summed E-state index contributed by atoms with van der Waals surface area (Å²) in [4.78, 5) is 11.0. The molecule has 0 bridgehead atoms. The molecule has 1 unspecified atom stereocenters. The number of hydrogen-bond acceptors (Lipinski definition) is 3. The van der Waals surface area contributed by atoms with Crippen molar-refractivity contribution in [2.75, 3.05) is 7.11 Å². The fourth-order valence-corrected chi connectivity index (χ4v) is 2.00. The van der Waals surface area contributed by atoms with E-state index in [9.17, 15) is 10.1 Å². The average molecular weight is 211 g/mol. The van der Waals surface area contributed by atoms with Gasteiger partial charge in [-0.25, -0.2) is 0 Å². The third kappa shape index (κ3) is 3.91. The van der Waals surface area contributed by atoms with Crippen LogP contribution >= 0.6 is 0 Å². The first-order valence-electron chi connectivity index (χ1n) is 5.52. The molecule has 0 aromatic heterocycles. The van der Waals surface area contributed by atoms with Crippen LogP contribution in [-0.4, -0.2) is 13.1 Å². The Morgan fingerprint density at radius 1 is 1.47 bits per heavy atom. The minimum absolute atomic E-state index is 0.234. The lowest BCUT2D eigenvalue weighted by molar-refractivity contribution is -0.141. The second-order valence-corrected chi connectivity index (χ2v) is 4.12. The molecule has 0 heterocycles. The molecule has 0 aliphatic heterocycles. The Bertz CT molecular complexity index is 240. The SMILES string of the molecule is CCC(CC)C(C)(C#N)CCC(=O)OC. The summed E-state index contributed by atoms with van der Waals surface area (Å²) < 4.78 is 4.59. The number of esters is 1. The zero-order chi connectivity index (χ0) is 11.9. The molecule has 15 heavy (non-hydrogen) atoms. The number of methoxy groups -OCH3 is 1. The zero-order valence-corrected chi connectivity index (χ0v) is 10.2. The van der Waals surface area contributed by atoms with Crippen molar-refractivity contribution in [2.45, 2.75) is 46.5 Å². The van der Waals surface area contributed by atoms with Gasteiger partial charge in [0.05, 0.1) is 18.6 Å². The molecule has 0 aliphatic rings. The highest BCUT2D eigenvalue weighted by Gasteiger charge is 2.32. The second-order valence-electron chi connectivity index (χ2n) is 4.12. The molecule has 0 fully saturated rings. The van der Waals surface area contributed by atoms with Crippen molar-refractivity contribution in [3.8, 4) is 6.07 Å². The number of carbonyl (C=O) groups excluding carboxylic acids is 1. The van der Waals surface area contributed by atoms with E-state index in [1.807, 2.05) is 6.92 Å². The maximum atomic E-state index is 11.0. The van der Waals surface area contributed by atoms with E-state index >= 15 is 0 Å². The van der Waals surface area contributed by atoms with Crippen LogP contribution in [0.1, 0.15) is 46.5 Å². The summed E-state index contributed by atoms with van der Waals surface area (Å²) in [6.45, 7) is 6.11. The van der Waals surface area contributed by atoms with E-state index in [0.717, 1.165) is 12.8 Å². The van der Waals surface area contributed by atoms with E-state index in [4.69, 9.17) is 0 Å². The quantitative estimate of drug-likeness (QED) is 0.635. The summed E-state index contributed by atoms with van der Waals surface area (Å²) in [6, 6.07) is 2.35. The number of nitriles is 1. The van der Waals surface area contributed by atoms with Crippen molar-refractivity contribution in [3.63, 3.8) is 0 Å². The smallest absolute Gasteiger partial charge is 0.305 e. The van der Waals surface area contributed by atoms with Gasteiger partial charge in [-0.1, -0.05) is 26.7 Å². The molecule has 0 aromatic carbocycles. The topological polar surface area (TPSA) is 50.1 Å². The minimum atomic E-state index is -0.405. The Balaban J connectivity index is 4.44. The van der Waals surface area contributed by atoms with E-state index in [-0.39, 0.29) is 5.97 Å². The van der Waals surface area contributed by atoms with E-state index in [2.05, 4.69) is 24.7 Å². The standard InChI is InChI=1S/C12H21NO2/c1-5-10(6-2)12(3,9-13)8-7-11(14)15-4/h10H,5-8H2,1-4H3. The minimum Gasteiger partial charge on any atom is -0.469 e. The summed E-state index contributed by atoms with van der Waals surface area (Å²) in [6.07, 6.45) is 2.86. The fraction of sp³-hybridized carbons (Fsp3) is 0.833. The van der Waals surface area contributed by atoms with Gasteiger partial charge in [0, 0.05) is 6.42 Å². The van der Waals surface area contributed by atoms with Crippen LogP contribution in [-0.2, 0) is 9.53 Å². The van der Waals surface area contributed by atoms with Crippen LogP contribution < -0.4 is 0 Å². The Hall–Kier alpha value is -1.04. The predicted octanol–water partition coefficient (Wildman–Crippen LogP) is 2.91. The summed E-state index contributed by atoms with van der Waals surface area (Å²) in [5.41, 5.74) is -0.405. The summed E-state index contributed by atoms with van der Waals surface area (Å²) in [5.74, 6) is 0.120. The normalized spacial score (nSPS) is 14.4. The van der Waals surface area contributed by atoms with Crippen LogP contribution in [0.15, 0.2) is 0 Å². The maximum absolute atomic E-state index is 11.0. The van der Waals surface area contributed by atoms with Gasteiger partial charge in [0.15, 0.2) is 0 Å². The Kier molecular flexibility index (Phi) is 6.00. The molecule has 0 spiro atoms. The highest BCUT2D eigenvalue weighted by molar-refractivity contribution is 5.69. The van der Waals surface area contributed by atoms with Gasteiger partial charge in [0.25, 0.3) is 0 Å². The van der Waals surface area contributed by atoms with Gasteiger partial charge in [0.2, 0.25) is 0 Å². The lowest BCUT2D eigenvalue weighted by atomic mass is 9.72. The molecular formula is C12H21NO2. The van der Waals surface area contributed by atoms with E-state index < -0.39 is 5.41 Å². The average Bonchev–Trinajstić information content (AvgIpc) is 2.27. The largest absolute Gasteiger partial charge is 0.469 e. The van der Waals surface area contributed by atoms with Crippen LogP contribution in [0.4, 0.5) is 0 Å². The van der Waals surface area contributed by atoms with Crippen molar-refractivity contribution in [2.24, 2.45) is 11.3 Å². The number of nitrogens with zero attached hydrogens (tertiary/aromatic N) is 1. The van der Waals surface area contributed by atoms with Gasteiger partial charge < -0.3 is 4.74 Å². The first-order chi connectivity index (χ1) is 7.03. The molecule has 0 aliphatic carbocycles. The van der Waals surface area contributed by atoms with E-state index in [0.29, 0.717) is 18.8 Å². The van der Waals surface area contributed by atoms with Crippen molar-refractivity contribution in [3.05, 3.63) is 0 Å². The monoisotopic (exact) mass is 211 g/mol. The van der Waals surface area contributed by atoms with Gasteiger partial charge in [-0.15, -0.1) is 0 Å². The molecule has 0 rings (SSSR count). The molecule has 3 nitrogen and oxygen atoms in total. The van der Waals surface area contributed by atoms with E-state index in [1.165, 1.54) is 7.11 Å². The molecule has 0 aromatic rings. The lowest BCUT2D eigenvalue weighted by Crippen LogP contribution is -2.26. The Morgan fingerprint density at radius 2 is 2.00 bits per heavy atom. The van der Waals surface area contributed by atoms with Gasteiger partial charge in [-0.2, -0.15) is 5.26 Å². The van der Waals surface area contributed by atoms with Crippen molar-refractivity contribution in [1.82, 2.24) is 0 Å². The molecular weight excluding hydrogens is 190 g/mol. The Morgan fingerprint density at radius 3 is 2.33 bits per heavy atom. The summed E-state index contributed by atoms with van der Waals surface area (Å²) in [5, 5.41) is 9.20. The molecule has 0 saturated heterocycles. The van der Waals surface area contributed by atoms with Crippen molar-refractivity contribution >= 4 is 5.97 Å². The molecule has 0 N–H and O–H groups in total. The summed E-state index contributed by atoms with van der Waals surface area (Å²) in [7, 11) is 1.38. The predicted molar refractivity (Wildman–Crippen MR) is 59.0 cm³/mol. The van der Waals surface area contributed by atoms with Crippen LogP contribution in [0.3, 0.4) is 0 Å². The molecule has 1 atom stereocenters. The molecule has 3 heteroatoms. The van der Waals surface area contributed by atoms with Gasteiger partial charge >= 0.3 is 5.97 Å². The number of ether oxygens (including phenoxy) is 1. The van der Waals surface area contributed by atoms with Gasteiger partial charge in [-0.3, -0.25) is 4.79 Å². The second kappa shape index (κ2) is 6.44. The lowest BCUT2D eigenvalue weighted by Gasteiger charge is -2.29. The highest BCUT2D eigenvalue weighted by atomic mass is 16.5. The molecule has 0 amide bonds. The van der Waals surface area contributed by atoms with Crippen molar-refractivity contribution in [1.29, 1.82) is 5.26 Å². The fourth-order valence-electron chi connectivity index (χ4n) is 2.00. The first kappa shape index (κ1) is 14.0. The summed E-state index contributed by atoms with van der Waals surface area (Å²) >= 11 is 0. The number of hydrogen-bond donors (Lipinski definition) is 0. The van der Waals surface area contributed by atoms with E-state index in [1.54, 1.807) is 0 Å². The van der Waals surface area contributed by atoms with Crippen LogP contribution in [0, 0.1) is 22.7 Å². The van der Waals surface area contributed by atoms with Gasteiger partial charge in [0.1, 0.15) is 0 Å². The molecule has 0 saturated carbocycles. The molecule has 86 valence electrons. The number of rotatable bonds is 6. The third-order valence-corrected chi connectivity index (χ3v) is 3.22. The Labute approximate surface area is 92.4 Å².